The van der Waals surface area contributed by atoms with Crippen molar-refractivity contribution >= 4 is 54.6 Å². The Labute approximate surface area is 143 Å². The van der Waals surface area contributed by atoms with Crippen molar-refractivity contribution in [3.8, 4) is 0 Å². The van der Waals surface area contributed by atoms with Crippen molar-refractivity contribution in [2.24, 2.45) is 5.84 Å². The predicted molar refractivity (Wildman–Crippen MR) is 90.1 cm³/mol. The number of hydrogen-bond acceptors (Lipinski definition) is 3. The van der Waals surface area contributed by atoms with Gasteiger partial charge in [0.1, 0.15) is 0 Å². The van der Waals surface area contributed by atoms with E-state index in [0.717, 1.165) is 8.95 Å². The summed E-state index contributed by atoms with van der Waals surface area (Å²) in [5.74, 6) is 4.65. The number of carbonyl (C=O) groups is 2. The average molecular weight is 435 g/mol. The highest BCUT2D eigenvalue weighted by atomic mass is 79.9. The number of nitrogens with two attached hydrogens (primary N) is 1. The standard InChI is InChI=1S/C7H4BrClO.C7H7BrN2O/c8-6-3-1-2-5(4-6)7(9)10;8-6-3-1-2-5(4-6)7(11)10-9/h1-4H;1-4H,9H2,(H,10,11). The van der Waals surface area contributed by atoms with Gasteiger partial charge in [0.25, 0.3) is 11.1 Å². The molecule has 0 radical (unpaired) electrons. The molecule has 2 aromatic rings. The molecule has 4 nitrogen and oxygen atoms in total. The topological polar surface area (TPSA) is 72.2 Å². The Kier molecular flexibility index (Phi) is 7.60. The van der Waals surface area contributed by atoms with Crippen LogP contribution in [0.2, 0.25) is 0 Å². The molecular formula is C14H11Br2ClN2O2. The molecule has 0 atom stereocenters. The SMILES string of the molecule is NNC(=O)c1cccc(Br)c1.O=C(Cl)c1cccc(Br)c1. The average Bonchev–Trinajstić information content (AvgIpc) is 2.47. The number of benzene rings is 2. The molecule has 1 amide bonds. The first-order chi connectivity index (χ1) is 9.93. The fourth-order valence-corrected chi connectivity index (χ4v) is 2.24. The Morgan fingerprint density at radius 2 is 1.43 bits per heavy atom. The van der Waals surface area contributed by atoms with Crippen LogP contribution in [-0.4, -0.2) is 11.1 Å². The normalized spacial score (nSPS) is 9.33. The van der Waals surface area contributed by atoms with Crippen LogP contribution in [-0.2, 0) is 0 Å². The van der Waals surface area contributed by atoms with E-state index in [9.17, 15) is 9.59 Å². The van der Waals surface area contributed by atoms with E-state index in [1.165, 1.54) is 0 Å². The van der Waals surface area contributed by atoms with Crippen molar-refractivity contribution < 1.29 is 9.59 Å². The van der Waals surface area contributed by atoms with Crippen molar-refractivity contribution in [2.45, 2.75) is 0 Å². The van der Waals surface area contributed by atoms with E-state index in [2.05, 4.69) is 31.9 Å². The van der Waals surface area contributed by atoms with Gasteiger partial charge >= 0.3 is 0 Å². The molecular weight excluding hydrogens is 423 g/mol. The lowest BCUT2D eigenvalue weighted by Gasteiger charge is -1.98. The Bertz CT molecular complexity index is 650. The van der Waals surface area contributed by atoms with Crippen LogP contribution in [0.5, 0.6) is 0 Å². The lowest BCUT2D eigenvalue weighted by Crippen LogP contribution is -2.29. The van der Waals surface area contributed by atoms with Crippen molar-refractivity contribution in [1.82, 2.24) is 5.43 Å². The van der Waals surface area contributed by atoms with E-state index in [0.29, 0.717) is 11.1 Å². The minimum atomic E-state index is -0.429. The Morgan fingerprint density at radius 1 is 0.952 bits per heavy atom. The number of nitrogen functional groups attached to an aromatic ring is 1. The van der Waals surface area contributed by atoms with Gasteiger partial charge in [-0.1, -0.05) is 50.1 Å². The minimum absolute atomic E-state index is 0.286. The molecule has 21 heavy (non-hydrogen) atoms. The largest absolute Gasteiger partial charge is 0.290 e. The van der Waals surface area contributed by atoms with Crippen LogP contribution < -0.4 is 11.3 Å². The zero-order valence-corrected chi connectivity index (χ0v) is 14.6. The molecule has 0 saturated heterocycles. The number of halogens is 3. The number of nitrogens with one attached hydrogen (secondary N) is 1. The molecule has 7 heteroatoms. The van der Waals surface area contributed by atoms with E-state index in [1.54, 1.807) is 36.4 Å². The third-order valence-electron chi connectivity index (χ3n) is 2.27. The molecule has 0 bridgehead atoms. The number of hydrogen-bond donors (Lipinski definition) is 2. The molecule has 110 valence electrons. The summed E-state index contributed by atoms with van der Waals surface area (Å²) in [5, 5.41) is -0.429. The van der Waals surface area contributed by atoms with Gasteiger partial charge in [0, 0.05) is 20.1 Å². The van der Waals surface area contributed by atoms with E-state index < -0.39 is 5.24 Å². The molecule has 3 N–H and O–H groups in total. The Hall–Kier alpha value is -1.21. The molecule has 0 aromatic heterocycles. The molecule has 0 fully saturated rings. The number of amides is 1. The van der Waals surface area contributed by atoms with E-state index in [1.807, 2.05) is 17.6 Å². The summed E-state index contributed by atoms with van der Waals surface area (Å²) in [6.07, 6.45) is 0. The summed E-state index contributed by atoms with van der Waals surface area (Å²) in [7, 11) is 0. The van der Waals surface area contributed by atoms with Gasteiger partial charge < -0.3 is 0 Å². The first-order valence-corrected chi connectivity index (χ1v) is 7.62. The van der Waals surface area contributed by atoms with Gasteiger partial charge in [-0.15, -0.1) is 0 Å². The van der Waals surface area contributed by atoms with Gasteiger partial charge in [0.2, 0.25) is 0 Å². The monoisotopic (exact) mass is 432 g/mol. The maximum Gasteiger partial charge on any atom is 0.265 e. The van der Waals surface area contributed by atoms with Crippen LogP contribution >= 0.6 is 43.5 Å². The molecule has 2 aromatic carbocycles. The summed E-state index contributed by atoms with van der Waals surface area (Å²) < 4.78 is 1.72. The molecule has 0 spiro atoms. The Morgan fingerprint density at radius 3 is 1.81 bits per heavy atom. The molecule has 0 aliphatic rings. The van der Waals surface area contributed by atoms with Crippen LogP contribution in [0.3, 0.4) is 0 Å². The summed E-state index contributed by atoms with van der Waals surface area (Å²) in [4.78, 5) is 21.5. The fourth-order valence-electron chi connectivity index (χ4n) is 1.32. The van der Waals surface area contributed by atoms with Crippen LogP contribution in [0.25, 0.3) is 0 Å². The van der Waals surface area contributed by atoms with Crippen LogP contribution in [0.4, 0.5) is 0 Å². The van der Waals surface area contributed by atoms with Crippen molar-refractivity contribution in [3.05, 3.63) is 68.6 Å². The van der Waals surface area contributed by atoms with Crippen LogP contribution in [0.1, 0.15) is 20.7 Å². The van der Waals surface area contributed by atoms with E-state index in [4.69, 9.17) is 17.4 Å². The first-order valence-electron chi connectivity index (χ1n) is 5.66. The quantitative estimate of drug-likeness (QED) is 0.326. The summed E-state index contributed by atoms with van der Waals surface area (Å²) in [5.41, 5.74) is 3.10. The first kappa shape index (κ1) is 17.8. The third kappa shape index (κ3) is 6.39. The van der Waals surface area contributed by atoms with Gasteiger partial charge in [-0.3, -0.25) is 15.0 Å². The predicted octanol–water partition coefficient (Wildman–Crippen LogP) is 3.88. The molecule has 0 aliphatic carbocycles. The highest BCUT2D eigenvalue weighted by Crippen LogP contribution is 2.13. The maximum atomic E-state index is 10.9. The van der Waals surface area contributed by atoms with E-state index >= 15 is 0 Å². The van der Waals surface area contributed by atoms with Crippen molar-refractivity contribution in [2.75, 3.05) is 0 Å². The van der Waals surface area contributed by atoms with Gasteiger partial charge in [-0.2, -0.15) is 0 Å². The number of rotatable bonds is 2. The number of carbonyl (C=O) groups excluding carboxylic acids is 2. The smallest absolute Gasteiger partial charge is 0.265 e. The van der Waals surface area contributed by atoms with Gasteiger partial charge in [0.15, 0.2) is 0 Å². The molecule has 0 heterocycles. The lowest BCUT2D eigenvalue weighted by molar-refractivity contribution is 0.0953. The van der Waals surface area contributed by atoms with Crippen LogP contribution in [0, 0.1) is 0 Å². The fraction of sp³-hybridized carbons (Fsp3) is 0. The van der Waals surface area contributed by atoms with Crippen molar-refractivity contribution in [3.63, 3.8) is 0 Å². The molecule has 0 unspecified atom stereocenters. The van der Waals surface area contributed by atoms with Gasteiger partial charge in [-0.25, -0.2) is 5.84 Å². The Balaban J connectivity index is 0.000000211. The highest BCUT2D eigenvalue weighted by molar-refractivity contribution is 9.10. The summed E-state index contributed by atoms with van der Waals surface area (Å²) in [6.45, 7) is 0. The van der Waals surface area contributed by atoms with Gasteiger partial charge in [0.05, 0.1) is 0 Å². The second-order valence-corrected chi connectivity index (χ2v) is 5.94. The molecule has 0 saturated carbocycles. The third-order valence-corrected chi connectivity index (χ3v) is 3.47. The lowest BCUT2D eigenvalue weighted by atomic mass is 10.2. The van der Waals surface area contributed by atoms with Gasteiger partial charge in [-0.05, 0) is 41.9 Å². The molecule has 0 aliphatic heterocycles. The second-order valence-electron chi connectivity index (χ2n) is 3.77. The number of hydrazine groups is 1. The van der Waals surface area contributed by atoms with Crippen molar-refractivity contribution in [1.29, 1.82) is 0 Å². The zero-order valence-electron chi connectivity index (χ0n) is 10.6. The van der Waals surface area contributed by atoms with Crippen LogP contribution in [0.15, 0.2) is 57.5 Å². The summed E-state index contributed by atoms with van der Waals surface area (Å²) >= 11 is 11.7. The maximum absolute atomic E-state index is 10.9. The second kappa shape index (κ2) is 8.94. The summed E-state index contributed by atoms with van der Waals surface area (Å²) in [6, 6.07) is 13.9. The minimum Gasteiger partial charge on any atom is -0.290 e. The van der Waals surface area contributed by atoms with E-state index in [-0.39, 0.29) is 5.91 Å². The highest BCUT2D eigenvalue weighted by Gasteiger charge is 2.01. The zero-order chi connectivity index (χ0) is 15.8. The molecule has 2 rings (SSSR count).